The van der Waals surface area contributed by atoms with Crippen molar-refractivity contribution in [2.75, 3.05) is 32.3 Å². The summed E-state index contributed by atoms with van der Waals surface area (Å²) in [5, 5.41) is 0. The summed E-state index contributed by atoms with van der Waals surface area (Å²) in [6, 6.07) is 11.8. The van der Waals surface area contributed by atoms with Crippen molar-refractivity contribution in [3.05, 3.63) is 42.0 Å². The zero-order chi connectivity index (χ0) is 21.7. The lowest BCUT2D eigenvalue weighted by molar-refractivity contribution is 0.309. The van der Waals surface area contributed by atoms with Crippen molar-refractivity contribution in [1.29, 1.82) is 0 Å². The van der Waals surface area contributed by atoms with Crippen molar-refractivity contribution >= 4 is 11.8 Å². The van der Waals surface area contributed by atoms with Gasteiger partial charge in [-0.3, -0.25) is 0 Å². The summed E-state index contributed by atoms with van der Waals surface area (Å²) in [5.41, 5.74) is 15.9. The van der Waals surface area contributed by atoms with Crippen LogP contribution in [0.2, 0.25) is 0 Å². The molecule has 7 nitrogen and oxygen atoms in total. The maximum Gasteiger partial charge on any atom is 0.222 e. The molecule has 0 saturated heterocycles. The Balaban J connectivity index is 2.09. The van der Waals surface area contributed by atoms with Gasteiger partial charge in [-0.15, -0.1) is 0 Å². The number of nitrogen functional groups attached to an aromatic ring is 2. The van der Waals surface area contributed by atoms with Crippen molar-refractivity contribution in [3.63, 3.8) is 0 Å². The van der Waals surface area contributed by atoms with E-state index in [-0.39, 0.29) is 5.95 Å². The van der Waals surface area contributed by atoms with Gasteiger partial charge in [-0.1, -0.05) is 25.5 Å². The van der Waals surface area contributed by atoms with Gasteiger partial charge in [0.25, 0.3) is 0 Å². The molecular formula is C23H28N4O3. The molecule has 2 aromatic carbocycles. The second-order valence-electron chi connectivity index (χ2n) is 6.93. The zero-order valence-electron chi connectivity index (χ0n) is 17.9. The van der Waals surface area contributed by atoms with Crippen molar-refractivity contribution in [2.45, 2.75) is 26.7 Å². The number of aromatic nitrogens is 2. The van der Waals surface area contributed by atoms with E-state index in [9.17, 15) is 0 Å². The van der Waals surface area contributed by atoms with Crippen LogP contribution in [0, 0.1) is 6.92 Å². The van der Waals surface area contributed by atoms with E-state index in [4.69, 9.17) is 25.7 Å². The number of hydrogen-bond donors (Lipinski definition) is 2. The van der Waals surface area contributed by atoms with E-state index in [1.54, 1.807) is 14.2 Å². The minimum Gasteiger partial charge on any atom is -0.494 e. The molecule has 1 aromatic heterocycles. The fourth-order valence-electron chi connectivity index (χ4n) is 3.21. The molecule has 0 aliphatic carbocycles. The zero-order valence-corrected chi connectivity index (χ0v) is 17.9. The molecule has 0 spiro atoms. The van der Waals surface area contributed by atoms with E-state index in [0.29, 0.717) is 29.6 Å². The van der Waals surface area contributed by atoms with Gasteiger partial charge in [0.15, 0.2) is 11.5 Å². The van der Waals surface area contributed by atoms with Crippen LogP contribution in [0.1, 0.15) is 25.3 Å². The molecule has 0 aliphatic rings. The molecule has 158 valence electrons. The fraction of sp³-hybridized carbons (Fsp3) is 0.304. The number of hydrogen-bond acceptors (Lipinski definition) is 7. The van der Waals surface area contributed by atoms with E-state index >= 15 is 0 Å². The molecule has 0 bridgehead atoms. The SMILES string of the molecule is CCCCOc1ccc(-c2cc(-c3nc(N)nc(N)c3C)cc(OC)c2OC)cc1. The van der Waals surface area contributed by atoms with Gasteiger partial charge in [-0.2, -0.15) is 4.98 Å². The number of unbranched alkanes of at least 4 members (excludes halogenated alkanes) is 1. The molecular weight excluding hydrogens is 380 g/mol. The Hall–Kier alpha value is -3.48. The number of methoxy groups -OCH3 is 2. The number of rotatable bonds is 8. The van der Waals surface area contributed by atoms with Crippen LogP contribution in [-0.4, -0.2) is 30.8 Å². The van der Waals surface area contributed by atoms with Crippen LogP contribution >= 0.6 is 0 Å². The van der Waals surface area contributed by atoms with Gasteiger partial charge in [0, 0.05) is 16.7 Å². The average Bonchev–Trinajstić information content (AvgIpc) is 2.76. The summed E-state index contributed by atoms with van der Waals surface area (Å²) in [6.45, 7) is 4.71. The van der Waals surface area contributed by atoms with Crippen LogP contribution in [0.4, 0.5) is 11.8 Å². The third-order valence-electron chi connectivity index (χ3n) is 4.89. The summed E-state index contributed by atoms with van der Waals surface area (Å²) in [5.74, 6) is 2.53. The Kier molecular flexibility index (Phi) is 6.61. The highest BCUT2D eigenvalue weighted by Crippen LogP contribution is 2.42. The van der Waals surface area contributed by atoms with Crippen molar-refractivity contribution < 1.29 is 14.2 Å². The lowest BCUT2D eigenvalue weighted by Gasteiger charge is -2.17. The molecule has 0 amide bonds. The first-order valence-electron chi connectivity index (χ1n) is 9.87. The van der Waals surface area contributed by atoms with Crippen LogP contribution in [0.5, 0.6) is 17.2 Å². The van der Waals surface area contributed by atoms with Gasteiger partial charge in [0.1, 0.15) is 11.6 Å². The maximum atomic E-state index is 6.00. The molecule has 0 atom stereocenters. The average molecular weight is 409 g/mol. The number of anilines is 2. The van der Waals surface area contributed by atoms with Gasteiger partial charge in [0.05, 0.1) is 26.5 Å². The molecule has 1 heterocycles. The molecule has 3 aromatic rings. The molecule has 0 fully saturated rings. The van der Waals surface area contributed by atoms with Crippen LogP contribution in [0.25, 0.3) is 22.4 Å². The standard InChI is InChI=1S/C23H28N4O3/c1-5-6-11-30-17-9-7-15(8-10-17)18-12-16(13-19(28-3)21(18)29-4)20-14(2)22(24)27-23(25)26-20/h7-10,12-13H,5-6,11H2,1-4H3,(H4,24,25,26,27). The van der Waals surface area contributed by atoms with E-state index in [1.165, 1.54) is 0 Å². The number of nitrogens with zero attached hydrogens (tertiary/aromatic N) is 2. The van der Waals surface area contributed by atoms with Crippen molar-refractivity contribution in [3.8, 4) is 39.6 Å². The Morgan fingerprint density at radius 1 is 0.933 bits per heavy atom. The molecule has 0 unspecified atom stereocenters. The van der Waals surface area contributed by atoms with Crippen LogP contribution in [0.15, 0.2) is 36.4 Å². The molecule has 0 aliphatic heterocycles. The minimum atomic E-state index is 0.123. The Morgan fingerprint density at radius 3 is 2.30 bits per heavy atom. The van der Waals surface area contributed by atoms with Crippen molar-refractivity contribution in [1.82, 2.24) is 9.97 Å². The van der Waals surface area contributed by atoms with Crippen LogP contribution in [0.3, 0.4) is 0 Å². The van der Waals surface area contributed by atoms with E-state index in [2.05, 4.69) is 16.9 Å². The summed E-state index contributed by atoms with van der Waals surface area (Å²) >= 11 is 0. The molecule has 4 N–H and O–H groups in total. The van der Waals surface area contributed by atoms with E-state index in [0.717, 1.165) is 40.8 Å². The predicted molar refractivity (Wildman–Crippen MR) is 120 cm³/mol. The summed E-state index contributed by atoms with van der Waals surface area (Å²) in [4.78, 5) is 8.43. The minimum absolute atomic E-state index is 0.123. The molecule has 7 heteroatoms. The van der Waals surface area contributed by atoms with E-state index in [1.807, 2.05) is 43.3 Å². The van der Waals surface area contributed by atoms with Gasteiger partial charge in [-0.25, -0.2) is 4.98 Å². The smallest absolute Gasteiger partial charge is 0.222 e. The number of ether oxygens (including phenoxy) is 3. The Labute approximate surface area is 177 Å². The van der Waals surface area contributed by atoms with Gasteiger partial charge in [-0.05, 0) is 43.2 Å². The quantitative estimate of drug-likeness (QED) is 0.529. The number of benzene rings is 2. The van der Waals surface area contributed by atoms with Crippen LogP contribution < -0.4 is 25.7 Å². The topological polar surface area (TPSA) is 106 Å². The Morgan fingerprint density at radius 2 is 1.67 bits per heavy atom. The first kappa shape index (κ1) is 21.2. The first-order valence-corrected chi connectivity index (χ1v) is 9.87. The van der Waals surface area contributed by atoms with Gasteiger partial charge >= 0.3 is 0 Å². The third-order valence-corrected chi connectivity index (χ3v) is 4.89. The second-order valence-corrected chi connectivity index (χ2v) is 6.93. The number of nitrogens with two attached hydrogens (primary N) is 2. The fourth-order valence-corrected chi connectivity index (χ4v) is 3.21. The summed E-state index contributed by atoms with van der Waals surface area (Å²) < 4.78 is 17.0. The summed E-state index contributed by atoms with van der Waals surface area (Å²) in [6.07, 6.45) is 2.12. The lowest BCUT2D eigenvalue weighted by atomic mass is 9.98. The molecule has 0 saturated carbocycles. The predicted octanol–water partition coefficient (Wildman–Crippen LogP) is 4.48. The van der Waals surface area contributed by atoms with Gasteiger partial charge in [0.2, 0.25) is 5.95 Å². The maximum absolute atomic E-state index is 6.00. The first-order chi connectivity index (χ1) is 14.5. The van der Waals surface area contributed by atoms with Crippen LogP contribution in [-0.2, 0) is 0 Å². The molecule has 30 heavy (non-hydrogen) atoms. The summed E-state index contributed by atoms with van der Waals surface area (Å²) in [7, 11) is 3.22. The van der Waals surface area contributed by atoms with Gasteiger partial charge < -0.3 is 25.7 Å². The lowest BCUT2D eigenvalue weighted by Crippen LogP contribution is -2.05. The molecule has 0 radical (unpaired) electrons. The highest BCUT2D eigenvalue weighted by Gasteiger charge is 2.18. The highest BCUT2D eigenvalue weighted by atomic mass is 16.5. The normalized spacial score (nSPS) is 10.7. The monoisotopic (exact) mass is 408 g/mol. The molecule has 3 rings (SSSR count). The second kappa shape index (κ2) is 9.35. The highest BCUT2D eigenvalue weighted by molar-refractivity contribution is 5.82. The van der Waals surface area contributed by atoms with E-state index < -0.39 is 0 Å². The third kappa shape index (κ3) is 4.40. The Bertz CT molecular complexity index is 1020. The largest absolute Gasteiger partial charge is 0.494 e. The van der Waals surface area contributed by atoms with Crippen molar-refractivity contribution in [2.24, 2.45) is 0 Å².